The number of carbonyl (C=O) groups is 1. The van der Waals surface area contributed by atoms with Crippen molar-refractivity contribution in [2.24, 2.45) is 5.41 Å². The van der Waals surface area contributed by atoms with Crippen LogP contribution in [0.5, 0.6) is 0 Å². The van der Waals surface area contributed by atoms with E-state index in [1.54, 1.807) is 0 Å². The lowest BCUT2D eigenvalue weighted by atomic mass is 9.68. The molecular weight excluding hydrogens is 366 g/mol. The molecule has 1 heterocycles. The first-order chi connectivity index (χ1) is 13.4. The van der Waals surface area contributed by atoms with Gasteiger partial charge in [-0.1, -0.05) is 80.0 Å². The molecule has 0 aromatic heterocycles. The summed E-state index contributed by atoms with van der Waals surface area (Å²) in [5, 5.41) is 6.74. The van der Waals surface area contributed by atoms with Gasteiger partial charge in [0.1, 0.15) is 0 Å². The third-order valence-corrected chi connectivity index (χ3v) is 6.32. The Balaban J connectivity index is 1.82. The Labute approximate surface area is 170 Å². The second-order valence-electron chi connectivity index (χ2n) is 8.66. The van der Waals surface area contributed by atoms with Gasteiger partial charge >= 0.3 is 0 Å². The SMILES string of the molecule is CC1(C)CC(=O)C2=C(C1)Nc1c(ccc3ccccc13)C2c1ccccc1Cl. The Bertz CT molecular complexity index is 1160. The van der Waals surface area contributed by atoms with Gasteiger partial charge in [-0.05, 0) is 34.4 Å². The average Bonchev–Trinajstić information content (AvgIpc) is 2.66. The van der Waals surface area contributed by atoms with Crippen molar-refractivity contribution in [2.45, 2.75) is 32.6 Å². The van der Waals surface area contributed by atoms with Crippen molar-refractivity contribution in [3.8, 4) is 0 Å². The number of halogens is 1. The van der Waals surface area contributed by atoms with Crippen molar-refractivity contribution in [2.75, 3.05) is 5.32 Å². The predicted molar refractivity (Wildman–Crippen MR) is 116 cm³/mol. The molecule has 1 N–H and O–H groups in total. The Morgan fingerprint density at radius 1 is 0.929 bits per heavy atom. The van der Waals surface area contributed by atoms with Gasteiger partial charge in [0.2, 0.25) is 0 Å². The Kier molecular flexibility index (Phi) is 3.89. The number of rotatable bonds is 1. The molecule has 1 aliphatic heterocycles. The molecule has 2 nitrogen and oxygen atoms in total. The quantitative estimate of drug-likeness (QED) is 0.503. The average molecular weight is 388 g/mol. The molecule has 0 amide bonds. The highest BCUT2D eigenvalue weighted by molar-refractivity contribution is 6.31. The van der Waals surface area contributed by atoms with Gasteiger partial charge in [-0.2, -0.15) is 0 Å². The zero-order valence-electron chi connectivity index (χ0n) is 16.1. The van der Waals surface area contributed by atoms with E-state index in [-0.39, 0.29) is 17.1 Å². The number of allylic oxidation sites excluding steroid dienone is 2. The summed E-state index contributed by atoms with van der Waals surface area (Å²) < 4.78 is 0. The molecule has 28 heavy (non-hydrogen) atoms. The molecule has 140 valence electrons. The molecule has 0 saturated carbocycles. The standard InChI is InChI=1S/C25H22ClNO/c1-25(2)13-20-23(21(28)14-25)22(17-9-5-6-10-19(17)26)18-12-11-15-7-3-4-8-16(15)24(18)27-20/h3-12,22,27H,13-14H2,1-2H3. The summed E-state index contributed by atoms with van der Waals surface area (Å²) in [6.45, 7) is 4.33. The monoisotopic (exact) mass is 387 g/mol. The van der Waals surface area contributed by atoms with Gasteiger partial charge in [-0.15, -0.1) is 0 Å². The van der Waals surface area contributed by atoms with E-state index in [4.69, 9.17) is 11.6 Å². The van der Waals surface area contributed by atoms with Crippen LogP contribution in [0.15, 0.2) is 71.9 Å². The van der Waals surface area contributed by atoms with Gasteiger partial charge in [0.05, 0.1) is 5.69 Å². The first-order valence-electron chi connectivity index (χ1n) is 9.74. The van der Waals surface area contributed by atoms with Crippen LogP contribution in [0.2, 0.25) is 5.02 Å². The highest BCUT2D eigenvalue weighted by Crippen LogP contribution is 2.51. The number of hydrogen-bond donors (Lipinski definition) is 1. The molecule has 3 heteroatoms. The molecule has 3 aromatic carbocycles. The minimum absolute atomic E-state index is 0.0456. The van der Waals surface area contributed by atoms with Crippen molar-refractivity contribution in [1.82, 2.24) is 0 Å². The fourth-order valence-electron chi connectivity index (χ4n) is 4.79. The Morgan fingerprint density at radius 2 is 1.68 bits per heavy atom. The molecular formula is C25H22ClNO. The maximum absolute atomic E-state index is 13.3. The maximum Gasteiger partial charge on any atom is 0.162 e. The number of Topliss-reactive ketones (excluding diaryl/α,β-unsaturated/α-hetero) is 1. The van der Waals surface area contributed by atoms with E-state index >= 15 is 0 Å². The Morgan fingerprint density at radius 3 is 2.50 bits per heavy atom. The van der Waals surface area contributed by atoms with Gasteiger partial charge in [0, 0.05) is 34.0 Å². The molecule has 0 spiro atoms. The van der Waals surface area contributed by atoms with Crippen molar-refractivity contribution in [3.05, 3.63) is 88.1 Å². The van der Waals surface area contributed by atoms with Crippen molar-refractivity contribution < 1.29 is 4.79 Å². The summed E-state index contributed by atoms with van der Waals surface area (Å²) in [7, 11) is 0. The van der Waals surface area contributed by atoms with Gasteiger partial charge in [0.25, 0.3) is 0 Å². The number of fused-ring (bicyclic) bond motifs is 3. The molecule has 0 saturated heterocycles. The normalized spacial score (nSPS) is 20.5. The predicted octanol–water partition coefficient (Wildman–Crippen LogP) is 6.69. The number of nitrogens with one attached hydrogen (secondary N) is 1. The highest BCUT2D eigenvalue weighted by Gasteiger charge is 2.41. The van der Waals surface area contributed by atoms with Gasteiger partial charge in [0.15, 0.2) is 5.78 Å². The van der Waals surface area contributed by atoms with E-state index in [0.717, 1.165) is 34.5 Å². The number of benzene rings is 3. The maximum atomic E-state index is 13.3. The second kappa shape index (κ2) is 6.22. The molecule has 0 bridgehead atoms. The van der Waals surface area contributed by atoms with Gasteiger partial charge < -0.3 is 5.32 Å². The summed E-state index contributed by atoms with van der Waals surface area (Å²) in [6.07, 6.45) is 1.43. The molecule has 1 atom stereocenters. The summed E-state index contributed by atoms with van der Waals surface area (Å²) in [5.41, 5.74) is 5.12. The molecule has 2 aliphatic rings. The van der Waals surface area contributed by atoms with Crippen LogP contribution in [-0.2, 0) is 4.79 Å². The summed E-state index contributed by atoms with van der Waals surface area (Å²) in [5.74, 6) is 0.0932. The Hall–Kier alpha value is -2.58. The van der Waals surface area contributed by atoms with Crippen molar-refractivity contribution in [3.63, 3.8) is 0 Å². The first-order valence-corrected chi connectivity index (χ1v) is 10.1. The zero-order valence-corrected chi connectivity index (χ0v) is 16.8. The smallest absolute Gasteiger partial charge is 0.162 e. The third-order valence-electron chi connectivity index (χ3n) is 5.97. The van der Waals surface area contributed by atoms with Crippen LogP contribution >= 0.6 is 11.6 Å². The van der Waals surface area contributed by atoms with E-state index < -0.39 is 0 Å². The minimum Gasteiger partial charge on any atom is -0.358 e. The minimum atomic E-state index is -0.131. The van der Waals surface area contributed by atoms with E-state index in [1.165, 1.54) is 10.8 Å². The van der Waals surface area contributed by atoms with E-state index in [2.05, 4.69) is 61.6 Å². The molecule has 3 aromatic rings. The van der Waals surface area contributed by atoms with E-state index in [1.807, 2.05) is 18.2 Å². The van der Waals surface area contributed by atoms with Crippen LogP contribution in [0.25, 0.3) is 10.8 Å². The molecule has 0 fully saturated rings. The number of hydrogen-bond acceptors (Lipinski definition) is 2. The van der Waals surface area contributed by atoms with Crippen LogP contribution in [0, 0.1) is 5.41 Å². The molecule has 1 aliphatic carbocycles. The lowest BCUT2D eigenvalue weighted by Gasteiger charge is -2.40. The number of ketones is 1. The van der Waals surface area contributed by atoms with Crippen molar-refractivity contribution >= 4 is 33.8 Å². The lowest BCUT2D eigenvalue weighted by Crippen LogP contribution is -2.34. The first kappa shape index (κ1) is 17.5. The summed E-state index contributed by atoms with van der Waals surface area (Å²) in [4.78, 5) is 13.3. The topological polar surface area (TPSA) is 29.1 Å². The van der Waals surface area contributed by atoms with E-state index in [0.29, 0.717) is 11.4 Å². The highest BCUT2D eigenvalue weighted by atomic mass is 35.5. The van der Waals surface area contributed by atoms with Crippen LogP contribution < -0.4 is 5.32 Å². The van der Waals surface area contributed by atoms with Crippen LogP contribution in [0.1, 0.15) is 43.7 Å². The number of anilines is 1. The van der Waals surface area contributed by atoms with E-state index in [9.17, 15) is 4.79 Å². The van der Waals surface area contributed by atoms with Crippen LogP contribution in [-0.4, -0.2) is 5.78 Å². The third kappa shape index (κ3) is 2.67. The molecule has 0 radical (unpaired) electrons. The largest absolute Gasteiger partial charge is 0.358 e. The second-order valence-corrected chi connectivity index (χ2v) is 9.07. The van der Waals surface area contributed by atoms with Crippen LogP contribution in [0.4, 0.5) is 5.69 Å². The van der Waals surface area contributed by atoms with Gasteiger partial charge in [-0.3, -0.25) is 4.79 Å². The molecule has 1 unspecified atom stereocenters. The lowest BCUT2D eigenvalue weighted by molar-refractivity contribution is -0.118. The fraction of sp³-hybridized carbons (Fsp3) is 0.240. The van der Waals surface area contributed by atoms with Crippen LogP contribution in [0.3, 0.4) is 0 Å². The van der Waals surface area contributed by atoms with Crippen molar-refractivity contribution in [1.29, 1.82) is 0 Å². The zero-order chi connectivity index (χ0) is 19.5. The van der Waals surface area contributed by atoms with Gasteiger partial charge in [-0.25, -0.2) is 0 Å². The fourth-order valence-corrected chi connectivity index (χ4v) is 5.03. The molecule has 5 rings (SSSR count). The summed E-state index contributed by atoms with van der Waals surface area (Å²) >= 11 is 6.62. The summed E-state index contributed by atoms with van der Waals surface area (Å²) in [6, 6.07) is 20.6. The number of carbonyl (C=O) groups excluding carboxylic acids is 1.